The normalized spacial score (nSPS) is 17.8. The summed E-state index contributed by atoms with van der Waals surface area (Å²) >= 11 is 1.63. The lowest BCUT2D eigenvalue weighted by Gasteiger charge is -2.32. The lowest BCUT2D eigenvalue weighted by Crippen LogP contribution is -2.47. The van der Waals surface area contributed by atoms with Gasteiger partial charge in [-0.2, -0.15) is 5.10 Å². The minimum atomic E-state index is 0.0752. The van der Waals surface area contributed by atoms with E-state index in [0.717, 1.165) is 53.2 Å². The van der Waals surface area contributed by atoms with Crippen LogP contribution in [0.1, 0.15) is 28.9 Å². The molecule has 1 fully saturated rings. The molecule has 26 heavy (non-hydrogen) atoms. The molecule has 3 aromatic heterocycles. The van der Waals surface area contributed by atoms with Crippen molar-refractivity contribution in [2.24, 2.45) is 7.05 Å². The Labute approximate surface area is 156 Å². The molecular weight excluding hydrogens is 346 g/mol. The molecule has 0 radical (unpaired) electrons. The fourth-order valence-corrected chi connectivity index (χ4v) is 4.42. The minimum absolute atomic E-state index is 0.0752. The molecule has 3 aromatic rings. The number of piperidine rings is 1. The molecule has 1 atom stereocenters. The fraction of sp³-hybridized carbons (Fsp3) is 0.421. The monoisotopic (exact) mass is 369 g/mol. The van der Waals surface area contributed by atoms with Crippen LogP contribution in [0.2, 0.25) is 0 Å². The lowest BCUT2D eigenvalue weighted by molar-refractivity contribution is 0.0700. The summed E-state index contributed by atoms with van der Waals surface area (Å²) in [7, 11) is 3.84. The summed E-state index contributed by atoms with van der Waals surface area (Å²) in [5.74, 6) is 0.0752. The average molecular weight is 369 g/mol. The fourth-order valence-electron chi connectivity index (χ4n) is 3.73. The highest BCUT2D eigenvalue weighted by Crippen LogP contribution is 2.30. The summed E-state index contributed by atoms with van der Waals surface area (Å²) in [4.78, 5) is 21.2. The van der Waals surface area contributed by atoms with Crippen LogP contribution in [-0.4, -0.2) is 51.8 Å². The highest BCUT2D eigenvalue weighted by atomic mass is 32.1. The maximum atomic E-state index is 13.4. The maximum Gasteiger partial charge on any atom is 0.254 e. The zero-order valence-electron chi connectivity index (χ0n) is 15.3. The second-order valence-electron chi connectivity index (χ2n) is 6.82. The van der Waals surface area contributed by atoms with Crippen molar-refractivity contribution in [2.75, 3.05) is 20.1 Å². The second kappa shape index (κ2) is 6.81. The Hall–Kier alpha value is -2.25. The van der Waals surface area contributed by atoms with Crippen LogP contribution in [0.3, 0.4) is 0 Å². The van der Waals surface area contributed by atoms with Crippen molar-refractivity contribution in [1.29, 1.82) is 0 Å². The van der Waals surface area contributed by atoms with E-state index in [2.05, 4.69) is 10.4 Å². The first-order chi connectivity index (χ1) is 12.6. The van der Waals surface area contributed by atoms with Crippen LogP contribution in [-0.2, 0) is 7.05 Å². The minimum Gasteiger partial charge on any atom is -0.337 e. The van der Waals surface area contributed by atoms with Gasteiger partial charge in [-0.05, 0) is 44.3 Å². The highest BCUT2D eigenvalue weighted by molar-refractivity contribution is 7.13. The molecule has 0 spiro atoms. The number of nitrogens with zero attached hydrogens (tertiary/aromatic N) is 4. The van der Waals surface area contributed by atoms with E-state index >= 15 is 0 Å². The van der Waals surface area contributed by atoms with Crippen LogP contribution >= 0.6 is 11.3 Å². The Balaban J connectivity index is 1.83. The Bertz CT molecular complexity index is 947. The number of fused-ring (bicyclic) bond motifs is 1. The van der Waals surface area contributed by atoms with Crippen LogP contribution in [0.4, 0.5) is 0 Å². The molecule has 1 aliphatic rings. The summed E-state index contributed by atoms with van der Waals surface area (Å²) in [5, 5.41) is 10.7. The van der Waals surface area contributed by atoms with Crippen LogP contribution in [0.5, 0.6) is 0 Å². The number of carbonyl (C=O) groups excluding carboxylic acids is 1. The van der Waals surface area contributed by atoms with Gasteiger partial charge in [0.2, 0.25) is 0 Å². The number of likely N-dealkylation sites (tertiary alicyclic amines) is 1. The van der Waals surface area contributed by atoms with E-state index < -0.39 is 0 Å². The number of aryl methyl sites for hydroxylation is 2. The van der Waals surface area contributed by atoms with E-state index in [0.29, 0.717) is 11.6 Å². The van der Waals surface area contributed by atoms with Crippen LogP contribution in [0.15, 0.2) is 23.6 Å². The van der Waals surface area contributed by atoms with Gasteiger partial charge in [-0.25, -0.2) is 4.98 Å². The number of carbonyl (C=O) groups is 1. The smallest absolute Gasteiger partial charge is 0.254 e. The van der Waals surface area contributed by atoms with E-state index in [1.165, 1.54) is 0 Å². The lowest BCUT2D eigenvalue weighted by atomic mass is 10.0. The van der Waals surface area contributed by atoms with E-state index in [-0.39, 0.29) is 5.91 Å². The molecule has 6 nitrogen and oxygen atoms in total. The Kier molecular flexibility index (Phi) is 4.50. The summed E-state index contributed by atoms with van der Waals surface area (Å²) < 4.78 is 1.77. The van der Waals surface area contributed by atoms with Crippen LogP contribution in [0, 0.1) is 6.92 Å². The van der Waals surface area contributed by atoms with Gasteiger partial charge >= 0.3 is 0 Å². The molecule has 136 valence electrons. The van der Waals surface area contributed by atoms with Gasteiger partial charge in [0.15, 0.2) is 5.65 Å². The number of aromatic nitrogens is 3. The first-order valence-electron chi connectivity index (χ1n) is 8.93. The van der Waals surface area contributed by atoms with Crippen LogP contribution < -0.4 is 5.32 Å². The van der Waals surface area contributed by atoms with Gasteiger partial charge in [-0.1, -0.05) is 6.07 Å². The van der Waals surface area contributed by atoms with Crippen molar-refractivity contribution in [3.8, 4) is 10.6 Å². The largest absolute Gasteiger partial charge is 0.337 e. The Morgan fingerprint density at radius 3 is 3.00 bits per heavy atom. The molecule has 0 aromatic carbocycles. The third-order valence-electron chi connectivity index (χ3n) is 5.09. The van der Waals surface area contributed by atoms with Crippen molar-refractivity contribution in [3.63, 3.8) is 0 Å². The zero-order chi connectivity index (χ0) is 18.3. The number of hydrogen-bond donors (Lipinski definition) is 1. The number of rotatable bonds is 3. The first kappa shape index (κ1) is 17.2. The number of likely N-dealkylation sites (N-methyl/N-ethyl adjacent to an activating group) is 1. The molecule has 1 aliphatic heterocycles. The topological polar surface area (TPSA) is 63.1 Å². The summed E-state index contributed by atoms with van der Waals surface area (Å²) in [6.45, 7) is 3.49. The molecule has 1 unspecified atom stereocenters. The zero-order valence-corrected chi connectivity index (χ0v) is 16.1. The highest BCUT2D eigenvalue weighted by Gasteiger charge is 2.27. The van der Waals surface area contributed by atoms with Gasteiger partial charge < -0.3 is 10.2 Å². The summed E-state index contributed by atoms with van der Waals surface area (Å²) in [5.41, 5.74) is 3.15. The first-order valence-corrected chi connectivity index (χ1v) is 9.81. The predicted octanol–water partition coefficient (Wildman–Crippen LogP) is 2.83. The van der Waals surface area contributed by atoms with Crippen molar-refractivity contribution in [3.05, 3.63) is 34.8 Å². The van der Waals surface area contributed by atoms with Crippen molar-refractivity contribution >= 4 is 28.3 Å². The van der Waals surface area contributed by atoms with Gasteiger partial charge in [-0.3, -0.25) is 9.48 Å². The molecule has 0 aliphatic carbocycles. The van der Waals surface area contributed by atoms with Crippen LogP contribution in [0.25, 0.3) is 21.6 Å². The predicted molar refractivity (Wildman–Crippen MR) is 105 cm³/mol. The molecule has 1 N–H and O–H groups in total. The molecule has 4 rings (SSSR count). The summed E-state index contributed by atoms with van der Waals surface area (Å²) in [6.07, 6.45) is 2.13. The molecule has 1 saturated heterocycles. The maximum absolute atomic E-state index is 13.4. The molecule has 1 amide bonds. The molecule has 0 saturated carbocycles. The van der Waals surface area contributed by atoms with Gasteiger partial charge in [0, 0.05) is 26.2 Å². The van der Waals surface area contributed by atoms with E-state index in [1.54, 1.807) is 16.0 Å². The van der Waals surface area contributed by atoms with E-state index in [9.17, 15) is 4.79 Å². The van der Waals surface area contributed by atoms with E-state index in [4.69, 9.17) is 4.98 Å². The SMILES string of the molecule is CNC1CCCN(C(=O)c2cc(-c3cccs3)nc3c2c(C)nn3C)C1. The molecule has 4 heterocycles. The molecular formula is C19H23N5OS. The number of thiophene rings is 1. The third-order valence-corrected chi connectivity index (χ3v) is 5.98. The van der Waals surface area contributed by atoms with Gasteiger partial charge in [0.25, 0.3) is 5.91 Å². The quantitative estimate of drug-likeness (QED) is 0.771. The number of nitrogens with one attached hydrogen (secondary N) is 1. The van der Waals surface area contributed by atoms with Gasteiger partial charge in [0.05, 0.1) is 27.2 Å². The summed E-state index contributed by atoms with van der Waals surface area (Å²) in [6, 6.07) is 6.34. The second-order valence-corrected chi connectivity index (χ2v) is 7.77. The number of pyridine rings is 1. The molecule has 7 heteroatoms. The Morgan fingerprint density at radius 2 is 2.27 bits per heavy atom. The Morgan fingerprint density at radius 1 is 1.42 bits per heavy atom. The molecule has 0 bridgehead atoms. The van der Waals surface area contributed by atoms with Gasteiger partial charge in [0.1, 0.15) is 0 Å². The third kappa shape index (κ3) is 2.91. The number of amides is 1. The van der Waals surface area contributed by atoms with E-state index in [1.807, 2.05) is 49.5 Å². The average Bonchev–Trinajstić information content (AvgIpc) is 3.29. The van der Waals surface area contributed by atoms with Gasteiger partial charge in [-0.15, -0.1) is 11.3 Å². The van der Waals surface area contributed by atoms with Crippen molar-refractivity contribution in [1.82, 2.24) is 25.0 Å². The number of hydrogen-bond acceptors (Lipinski definition) is 5. The van der Waals surface area contributed by atoms with Crippen molar-refractivity contribution in [2.45, 2.75) is 25.8 Å². The standard InChI is InChI=1S/C19H23N5OS/c1-12-17-14(19(25)24-8-4-6-13(11-24)20-2)10-15(16-7-5-9-26-16)21-18(17)23(3)22-12/h5,7,9-10,13,20H,4,6,8,11H2,1-3H3. The van der Waals surface area contributed by atoms with Crippen molar-refractivity contribution < 1.29 is 4.79 Å².